The van der Waals surface area contributed by atoms with Crippen LogP contribution in [-0.2, 0) is 0 Å². The first kappa shape index (κ1) is 10.1. The number of primary amides is 1. The van der Waals surface area contributed by atoms with Gasteiger partial charge in [-0.1, -0.05) is 13.3 Å². The number of carbonyl (C=O) groups excluding carboxylic acids is 1. The Morgan fingerprint density at radius 3 is 2.81 bits per heavy atom. The minimum atomic E-state index is -0.551. The summed E-state index contributed by atoms with van der Waals surface area (Å²) in [6.45, 7) is 2.44. The number of carbonyl (C=O) groups is 1. The maximum Gasteiger partial charge on any atom is 0.332 e. The zero-order valence-corrected chi connectivity index (χ0v) is 9.70. The third-order valence-electron chi connectivity index (χ3n) is 5.21. The van der Waals surface area contributed by atoms with Gasteiger partial charge in [0, 0.05) is 11.6 Å². The van der Waals surface area contributed by atoms with Gasteiger partial charge in [-0.15, -0.1) is 0 Å². The van der Waals surface area contributed by atoms with Crippen LogP contribution in [0.3, 0.4) is 0 Å². The molecule has 0 radical (unpaired) electrons. The average Bonchev–Trinajstić information content (AvgIpc) is 2.29. The molecule has 0 aliphatic heterocycles. The maximum atomic E-state index is 10.7. The Balaban J connectivity index is 1.81. The molecule has 3 saturated carbocycles. The third-order valence-corrected chi connectivity index (χ3v) is 5.21. The Bertz CT molecular complexity index is 351. The first-order chi connectivity index (χ1) is 7.63. The van der Waals surface area contributed by atoms with E-state index in [9.17, 15) is 4.79 Å². The largest absolute Gasteiger partial charge is 0.350 e. The maximum absolute atomic E-state index is 10.7. The van der Waals surface area contributed by atoms with Crippen molar-refractivity contribution in [1.29, 1.82) is 0 Å². The van der Waals surface area contributed by atoms with E-state index in [2.05, 4.69) is 17.5 Å². The average molecular weight is 221 g/mol. The summed E-state index contributed by atoms with van der Waals surface area (Å²) >= 11 is 0. The highest BCUT2D eigenvalue weighted by Gasteiger charge is 2.63. The van der Waals surface area contributed by atoms with Crippen molar-refractivity contribution >= 4 is 11.7 Å². The van der Waals surface area contributed by atoms with Crippen molar-refractivity contribution < 1.29 is 4.79 Å². The van der Waals surface area contributed by atoms with Gasteiger partial charge >= 0.3 is 6.03 Å². The van der Waals surface area contributed by atoms with Gasteiger partial charge in [0.1, 0.15) is 0 Å². The van der Waals surface area contributed by atoms with E-state index in [1.165, 1.54) is 31.4 Å². The Morgan fingerprint density at radius 1 is 1.50 bits per heavy atom. The summed E-state index contributed by atoms with van der Waals surface area (Å²) in [5.74, 6) is 2.27. The van der Waals surface area contributed by atoms with Gasteiger partial charge in [0.2, 0.25) is 0 Å². The number of fused-ring (bicyclic) bond motifs is 1. The summed E-state index contributed by atoms with van der Waals surface area (Å²) in [7, 11) is 0. The highest BCUT2D eigenvalue weighted by molar-refractivity contribution is 5.91. The fourth-order valence-corrected chi connectivity index (χ4v) is 4.49. The second kappa shape index (κ2) is 3.22. The number of hydrogen-bond donors (Lipinski definition) is 2. The minimum absolute atomic E-state index is 0.551. The fourth-order valence-electron chi connectivity index (χ4n) is 4.49. The summed E-state index contributed by atoms with van der Waals surface area (Å²) in [4.78, 5) is 10.7. The van der Waals surface area contributed by atoms with Crippen LogP contribution in [-0.4, -0.2) is 11.7 Å². The van der Waals surface area contributed by atoms with Crippen LogP contribution in [0.5, 0.6) is 0 Å². The molecule has 0 aromatic carbocycles. The van der Waals surface area contributed by atoms with E-state index in [1.807, 2.05) is 0 Å². The number of amides is 2. The lowest BCUT2D eigenvalue weighted by Gasteiger charge is -2.67. The van der Waals surface area contributed by atoms with Crippen molar-refractivity contribution in [3.8, 4) is 0 Å². The first-order valence-electron chi connectivity index (χ1n) is 6.25. The van der Waals surface area contributed by atoms with E-state index < -0.39 is 6.03 Å². The predicted octanol–water partition coefficient (Wildman–Crippen LogP) is 1.86. The molecule has 16 heavy (non-hydrogen) atoms. The minimum Gasteiger partial charge on any atom is -0.350 e. The number of hydrazone groups is 1. The molecular formula is C12H19N3O. The number of hydrogen-bond acceptors (Lipinski definition) is 2. The van der Waals surface area contributed by atoms with E-state index in [4.69, 9.17) is 5.73 Å². The standard InChI is InChI=1S/C12H19N3O/c1-12-6-5-9(14-15-11(13)16)10-7(12)3-2-4-8(10)12/h7-8,10H,2-6H2,1H3,(H3,13,15,16)/b14-9+. The van der Waals surface area contributed by atoms with Crippen molar-refractivity contribution in [2.24, 2.45) is 34.0 Å². The second-order valence-corrected chi connectivity index (χ2v) is 5.75. The monoisotopic (exact) mass is 221 g/mol. The molecule has 88 valence electrons. The van der Waals surface area contributed by atoms with Crippen molar-refractivity contribution in [2.75, 3.05) is 0 Å². The Hall–Kier alpha value is -1.06. The molecule has 0 aromatic rings. The summed E-state index contributed by atoms with van der Waals surface area (Å²) in [5.41, 5.74) is 9.22. The molecule has 2 unspecified atom stereocenters. The second-order valence-electron chi connectivity index (χ2n) is 5.75. The van der Waals surface area contributed by atoms with E-state index >= 15 is 0 Å². The van der Waals surface area contributed by atoms with Crippen molar-refractivity contribution in [2.45, 2.75) is 39.0 Å². The zero-order chi connectivity index (χ0) is 11.3. The van der Waals surface area contributed by atoms with Gasteiger partial charge in [0.05, 0.1) is 0 Å². The summed E-state index contributed by atoms with van der Waals surface area (Å²) < 4.78 is 0. The third kappa shape index (κ3) is 1.16. The molecule has 2 amide bonds. The lowest BCUT2D eigenvalue weighted by Crippen LogP contribution is -2.64. The van der Waals surface area contributed by atoms with E-state index in [0.717, 1.165) is 18.3 Å². The summed E-state index contributed by atoms with van der Waals surface area (Å²) in [6, 6.07) is -0.551. The van der Waals surface area contributed by atoms with Crippen LogP contribution >= 0.6 is 0 Å². The van der Waals surface area contributed by atoms with E-state index in [0.29, 0.717) is 11.3 Å². The molecule has 3 aliphatic carbocycles. The summed E-state index contributed by atoms with van der Waals surface area (Å²) in [5, 5.41) is 4.21. The fraction of sp³-hybridized carbons (Fsp3) is 0.833. The molecule has 0 saturated heterocycles. The molecule has 0 aromatic heterocycles. The lowest BCUT2D eigenvalue weighted by atomic mass is 9.37. The highest BCUT2D eigenvalue weighted by atomic mass is 16.2. The van der Waals surface area contributed by atoms with Crippen molar-refractivity contribution in [3.05, 3.63) is 0 Å². The number of nitrogens with one attached hydrogen (secondary N) is 1. The molecule has 0 heterocycles. The van der Waals surface area contributed by atoms with Gasteiger partial charge < -0.3 is 5.73 Å². The molecule has 3 aliphatic rings. The van der Waals surface area contributed by atoms with E-state index in [1.54, 1.807) is 0 Å². The van der Waals surface area contributed by atoms with Crippen LogP contribution in [0.25, 0.3) is 0 Å². The van der Waals surface area contributed by atoms with Crippen molar-refractivity contribution in [1.82, 2.24) is 5.43 Å². The molecule has 0 spiro atoms. The van der Waals surface area contributed by atoms with Gasteiger partial charge in [-0.05, 0) is 42.9 Å². The summed E-state index contributed by atoms with van der Waals surface area (Å²) in [6.07, 6.45) is 6.32. The Labute approximate surface area is 95.7 Å². The van der Waals surface area contributed by atoms with Gasteiger partial charge in [-0.3, -0.25) is 0 Å². The lowest BCUT2D eigenvalue weighted by molar-refractivity contribution is -0.135. The van der Waals surface area contributed by atoms with Crippen LogP contribution in [0, 0.1) is 23.2 Å². The van der Waals surface area contributed by atoms with Crippen LogP contribution in [0.2, 0.25) is 0 Å². The predicted molar refractivity (Wildman–Crippen MR) is 61.8 cm³/mol. The zero-order valence-electron chi connectivity index (χ0n) is 9.70. The number of nitrogens with two attached hydrogens (primary N) is 1. The molecule has 4 nitrogen and oxygen atoms in total. The number of nitrogens with zero attached hydrogens (tertiary/aromatic N) is 1. The SMILES string of the molecule is CC12CC/C(=N\NC(N)=O)C3C1CCCC32. The number of urea groups is 1. The molecule has 3 fully saturated rings. The Kier molecular flexibility index (Phi) is 2.03. The smallest absolute Gasteiger partial charge is 0.332 e. The van der Waals surface area contributed by atoms with Gasteiger partial charge in [-0.2, -0.15) is 5.10 Å². The van der Waals surface area contributed by atoms with Crippen molar-refractivity contribution in [3.63, 3.8) is 0 Å². The molecule has 4 heteroatoms. The van der Waals surface area contributed by atoms with Crippen LogP contribution in [0.15, 0.2) is 5.10 Å². The van der Waals surface area contributed by atoms with Gasteiger partial charge in [0.25, 0.3) is 0 Å². The van der Waals surface area contributed by atoms with Gasteiger partial charge in [-0.25, -0.2) is 10.2 Å². The topological polar surface area (TPSA) is 67.5 Å². The molecule has 3 rings (SSSR count). The van der Waals surface area contributed by atoms with Crippen LogP contribution in [0.1, 0.15) is 39.0 Å². The molecule has 4 bridgehead atoms. The van der Waals surface area contributed by atoms with Crippen LogP contribution < -0.4 is 11.2 Å². The quantitative estimate of drug-likeness (QED) is 0.652. The normalized spacial score (nSPS) is 47.3. The first-order valence-corrected chi connectivity index (χ1v) is 6.25. The van der Waals surface area contributed by atoms with Crippen LogP contribution in [0.4, 0.5) is 4.79 Å². The Morgan fingerprint density at radius 2 is 2.19 bits per heavy atom. The molecule has 3 N–H and O–H groups in total. The molecule has 2 atom stereocenters. The number of rotatable bonds is 1. The van der Waals surface area contributed by atoms with Gasteiger partial charge in [0.15, 0.2) is 0 Å². The highest BCUT2D eigenvalue weighted by Crippen LogP contribution is 2.68. The van der Waals surface area contributed by atoms with E-state index in [-0.39, 0.29) is 0 Å². The molecular weight excluding hydrogens is 202 g/mol.